The van der Waals surface area contributed by atoms with E-state index in [1.54, 1.807) is 0 Å². The zero-order valence-electron chi connectivity index (χ0n) is 8.55. The number of aryl methyl sites for hydroxylation is 1. The molecule has 0 aromatic carbocycles. The molecule has 0 aliphatic carbocycles. The number of aromatic amines is 1. The first-order chi connectivity index (χ1) is 6.81. The lowest BCUT2D eigenvalue weighted by molar-refractivity contribution is 0.603. The smallest absolute Gasteiger partial charge is 0.109 e. The van der Waals surface area contributed by atoms with Crippen LogP contribution in [0.4, 0.5) is 0 Å². The third kappa shape index (κ3) is 1.96. The molecule has 1 aliphatic rings. The highest BCUT2D eigenvalue weighted by Crippen LogP contribution is 2.30. The third-order valence-electron chi connectivity index (χ3n) is 2.81. The van der Waals surface area contributed by atoms with Crippen molar-refractivity contribution in [3.63, 3.8) is 0 Å². The number of nitrogens with one attached hydrogen (secondary N) is 1. The Morgan fingerprint density at radius 2 is 2.21 bits per heavy atom. The Bertz CT molecular complexity index is 302. The molecular weight excluding hydrogens is 194 g/mol. The molecule has 1 aromatic heterocycles. The maximum absolute atomic E-state index is 5.61. The third-order valence-corrected chi connectivity index (χ3v) is 3.85. The summed E-state index contributed by atoms with van der Waals surface area (Å²) >= 11 is 2.04. The van der Waals surface area contributed by atoms with Crippen LogP contribution in [0.15, 0.2) is 0 Å². The van der Waals surface area contributed by atoms with Crippen LogP contribution in [0.5, 0.6) is 0 Å². The van der Waals surface area contributed by atoms with Gasteiger partial charge < -0.3 is 10.7 Å². The molecule has 1 fully saturated rings. The van der Waals surface area contributed by atoms with Gasteiger partial charge in [-0.05, 0) is 31.3 Å². The second-order valence-electron chi connectivity index (χ2n) is 3.78. The van der Waals surface area contributed by atoms with E-state index in [0.29, 0.717) is 12.5 Å². The van der Waals surface area contributed by atoms with Gasteiger partial charge in [0.1, 0.15) is 5.82 Å². The summed E-state index contributed by atoms with van der Waals surface area (Å²) in [6, 6.07) is 0. The van der Waals surface area contributed by atoms with Gasteiger partial charge in [0, 0.05) is 18.2 Å². The Kier molecular flexibility index (Phi) is 3.13. The standard InChI is InChI=1S/C10H17N3S/c1-7-9(6-11)13-10(12-7)8-2-4-14-5-3-8/h8H,2-6,11H2,1H3,(H,12,13). The van der Waals surface area contributed by atoms with E-state index < -0.39 is 0 Å². The molecule has 0 atom stereocenters. The van der Waals surface area contributed by atoms with Gasteiger partial charge in [-0.3, -0.25) is 0 Å². The molecule has 0 bridgehead atoms. The highest BCUT2D eigenvalue weighted by Gasteiger charge is 2.19. The van der Waals surface area contributed by atoms with Gasteiger partial charge in [0.15, 0.2) is 0 Å². The maximum atomic E-state index is 5.61. The summed E-state index contributed by atoms with van der Waals surface area (Å²) in [5, 5.41) is 0. The molecule has 0 radical (unpaired) electrons. The van der Waals surface area contributed by atoms with Crippen molar-refractivity contribution in [2.75, 3.05) is 11.5 Å². The van der Waals surface area contributed by atoms with Gasteiger partial charge >= 0.3 is 0 Å². The summed E-state index contributed by atoms with van der Waals surface area (Å²) in [6.45, 7) is 2.60. The van der Waals surface area contributed by atoms with Crippen LogP contribution in [0.2, 0.25) is 0 Å². The molecule has 78 valence electrons. The Labute approximate surface area is 88.9 Å². The predicted molar refractivity (Wildman–Crippen MR) is 60.5 cm³/mol. The molecule has 4 heteroatoms. The van der Waals surface area contributed by atoms with Gasteiger partial charge in [-0.25, -0.2) is 4.98 Å². The molecule has 0 saturated carbocycles. The summed E-state index contributed by atoms with van der Waals surface area (Å²) in [5.74, 6) is 4.32. The highest BCUT2D eigenvalue weighted by molar-refractivity contribution is 7.99. The van der Waals surface area contributed by atoms with E-state index in [1.165, 1.54) is 24.3 Å². The summed E-state index contributed by atoms with van der Waals surface area (Å²) in [7, 11) is 0. The van der Waals surface area contributed by atoms with E-state index in [1.807, 2.05) is 11.8 Å². The molecule has 0 unspecified atom stereocenters. The van der Waals surface area contributed by atoms with E-state index in [4.69, 9.17) is 5.73 Å². The van der Waals surface area contributed by atoms with E-state index in [2.05, 4.69) is 16.9 Å². The lowest BCUT2D eigenvalue weighted by atomic mass is 10.0. The summed E-state index contributed by atoms with van der Waals surface area (Å²) in [6.07, 6.45) is 2.50. The molecule has 0 spiro atoms. The first-order valence-electron chi connectivity index (χ1n) is 5.14. The van der Waals surface area contributed by atoms with Crippen LogP contribution in [0.3, 0.4) is 0 Å². The molecule has 0 amide bonds. The van der Waals surface area contributed by atoms with Crippen molar-refractivity contribution in [2.24, 2.45) is 5.73 Å². The molecule has 2 heterocycles. The predicted octanol–water partition coefficient (Wildman–Crippen LogP) is 1.79. The first-order valence-corrected chi connectivity index (χ1v) is 6.30. The van der Waals surface area contributed by atoms with Gasteiger partial charge in [-0.15, -0.1) is 0 Å². The van der Waals surface area contributed by atoms with Crippen LogP contribution < -0.4 is 5.73 Å². The summed E-state index contributed by atoms with van der Waals surface area (Å²) < 4.78 is 0. The molecule has 1 saturated heterocycles. The fraction of sp³-hybridized carbons (Fsp3) is 0.700. The maximum Gasteiger partial charge on any atom is 0.109 e. The van der Waals surface area contributed by atoms with Crippen molar-refractivity contribution in [3.8, 4) is 0 Å². The van der Waals surface area contributed by atoms with Crippen LogP contribution in [0.25, 0.3) is 0 Å². The molecular formula is C10H17N3S. The van der Waals surface area contributed by atoms with Gasteiger partial charge in [0.2, 0.25) is 0 Å². The van der Waals surface area contributed by atoms with Crippen molar-refractivity contribution < 1.29 is 0 Å². The minimum absolute atomic E-state index is 0.545. The molecule has 3 N–H and O–H groups in total. The lowest BCUT2D eigenvalue weighted by Gasteiger charge is -2.18. The van der Waals surface area contributed by atoms with Gasteiger partial charge in [0.25, 0.3) is 0 Å². The number of rotatable bonds is 2. The minimum Gasteiger partial charge on any atom is -0.346 e. The normalized spacial score (nSPS) is 18.7. The molecule has 3 nitrogen and oxygen atoms in total. The topological polar surface area (TPSA) is 54.7 Å². The number of H-pyrrole nitrogens is 1. The van der Waals surface area contributed by atoms with Crippen molar-refractivity contribution in [1.82, 2.24) is 9.97 Å². The van der Waals surface area contributed by atoms with Gasteiger partial charge in [-0.1, -0.05) is 0 Å². The first kappa shape index (κ1) is 10.1. The van der Waals surface area contributed by atoms with Crippen molar-refractivity contribution in [3.05, 3.63) is 17.2 Å². The van der Waals surface area contributed by atoms with Gasteiger partial charge in [-0.2, -0.15) is 11.8 Å². The number of nitrogens with two attached hydrogens (primary N) is 1. The Balaban J connectivity index is 2.14. The zero-order chi connectivity index (χ0) is 9.97. The van der Waals surface area contributed by atoms with Crippen LogP contribution in [0, 0.1) is 6.92 Å². The Morgan fingerprint density at radius 3 is 2.79 bits per heavy atom. The molecule has 1 aromatic rings. The zero-order valence-corrected chi connectivity index (χ0v) is 9.36. The number of hydrogen-bond acceptors (Lipinski definition) is 3. The fourth-order valence-electron chi connectivity index (χ4n) is 1.88. The van der Waals surface area contributed by atoms with Crippen LogP contribution >= 0.6 is 11.8 Å². The van der Waals surface area contributed by atoms with Crippen LogP contribution in [0.1, 0.15) is 36.0 Å². The van der Waals surface area contributed by atoms with Crippen LogP contribution in [-0.2, 0) is 6.54 Å². The average molecular weight is 211 g/mol. The number of hydrogen-bond donors (Lipinski definition) is 2. The number of thioether (sulfide) groups is 1. The number of nitrogens with zero attached hydrogens (tertiary/aromatic N) is 1. The van der Waals surface area contributed by atoms with Crippen molar-refractivity contribution >= 4 is 11.8 Å². The monoisotopic (exact) mass is 211 g/mol. The number of aromatic nitrogens is 2. The summed E-state index contributed by atoms with van der Waals surface area (Å²) in [4.78, 5) is 7.93. The number of imidazole rings is 1. The SMILES string of the molecule is Cc1[nH]c(C2CCSCC2)nc1CN. The quantitative estimate of drug-likeness (QED) is 0.784. The van der Waals surface area contributed by atoms with Crippen LogP contribution in [-0.4, -0.2) is 21.5 Å². The largest absolute Gasteiger partial charge is 0.346 e. The highest BCUT2D eigenvalue weighted by atomic mass is 32.2. The van der Waals surface area contributed by atoms with E-state index in [0.717, 1.165) is 17.2 Å². The van der Waals surface area contributed by atoms with E-state index in [-0.39, 0.29) is 0 Å². The van der Waals surface area contributed by atoms with Crippen molar-refractivity contribution in [1.29, 1.82) is 0 Å². The van der Waals surface area contributed by atoms with E-state index in [9.17, 15) is 0 Å². The minimum atomic E-state index is 0.545. The molecule has 14 heavy (non-hydrogen) atoms. The molecule has 2 rings (SSSR count). The summed E-state index contributed by atoms with van der Waals surface area (Å²) in [5.41, 5.74) is 7.77. The molecule has 1 aliphatic heterocycles. The van der Waals surface area contributed by atoms with Crippen molar-refractivity contribution in [2.45, 2.75) is 32.2 Å². The Hall–Kier alpha value is -0.480. The fourth-order valence-corrected chi connectivity index (χ4v) is 2.99. The Morgan fingerprint density at radius 1 is 1.50 bits per heavy atom. The second kappa shape index (κ2) is 4.36. The lowest BCUT2D eigenvalue weighted by Crippen LogP contribution is -2.09. The second-order valence-corrected chi connectivity index (χ2v) is 5.01. The van der Waals surface area contributed by atoms with E-state index >= 15 is 0 Å². The van der Waals surface area contributed by atoms with Gasteiger partial charge in [0.05, 0.1) is 5.69 Å². The average Bonchev–Trinajstić information content (AvgIpc) is 2.61.